The normalized spacial score (nSPS) is 10.2. The first-order chi connectivity index (χ1) is 6.31. The Morgan fingerprint density at radius 1 is 1.38 bits per heavy atom. The Kier molecular flexibility index (Phi) is 1.77. The molecule has 65 valence electrons. The molecule has 0 spiro atoms. The molecular formula is C10H7O3. The predicted octanol–water partition coefficient (Wildman–Crippen LogP) is 1.60. The predicted molar refractivity (Wildman–Crippen MR) is 47.9 cm³/mol. The highest BCUT2D eigenvalue weighted by molar-refractivity contribution is 5.76. The number of fused-ring (bicyclic) bond motifs is 1. The monoisotopic (exact) mass is 175 g/mol. The van der Waals surface area contributed by atoms with Gasteiger partial charge in [-0.15, -0.1) is 0 Å². The number of hydrogen-bond donors (Lipinski definition) is 0. The maximum absolute atomic E-state index is 11.1. The molecule has 3 heteroatoms. The highest BCUT2D eigenvalue weighted by Gasteiger charge is 2.03. The van der Waals surface area contributed by atoms with Crippen LogP contribution in [-0.2, 0) is 0 Å². The van der Waals surface area contributed by atoms with Crippen LogP contribution in [0.15, 0.2) is 33.5 Å². The number of hydrogen-bond acceptors (Lipinski definition) is 3. The van der Waals surface area contributed by atoms with Gasteiger partial charge in [-0.05, 0) is 6.07 Å². The lowest BCUT2D eigenvalue weighted by Crippen LogP contribution is -2.03. The van der Waals surface area contributed by atoms with Crippen molar-refractivity contribution in [3.8, 4) is 5.75 Å². The molecule has 0 saturated heterocycles. The maximum atomic E-state index is 11.1. The first-order valence-electron chi connectivity index (χ1n) is 3.80. The van der Waals surface area contributed by atoms with Crippen LogP contribution in [0, 0.1) is 6.07 Å². The molecule has 0 N–H and O–H groups in total. The summed E-state index contributed by atoms with van der Waals surface area (Å²) >= 11 is 0. The van der Waals surface area contributed by atoms with Crippen molar-refractivity contribution in [1.29, 1.82) is 0 Å². The molecule has 2 rings (SSSR count). The highest BCUT2D eigenvalue weighted by Crippen LogP contribution is 2.14. The molecule has 1 aromatic heterocycles. The van der Waals surface area contributed by atoms with Gasteiger partial charge in [-0.25, -0.2) is 4.79 Å². The lowest BCUT2D eigenvalue weighted by atomic mass is 10.2. The minimum atomic E-state index is -0.499. The van der Waals surface area contributed by atoms with Gasteiger partial charge < -0.3 is 9.15 Å². The molecule has 1 heterocycles. The summed E-state index contributed by atoms with van der Waals surface area (Å²) in [4.78, 5) is 11.1. The third-order valence-corrected chi connectivity index (χ3v) is 1.73. The summed E-state index contributed by atoms with van der Waals surface area (Å²) in [6.07, 6.45) is 0. The smallest absolute Gasteiger partial charge is 0.379 e. The standard InChI is InChI=1S/C10H7O3/c1-12-9-6-7-4-2-3-5-8(7)13-10(9)11/h2-5H,1H3. The average molecular weight is 175 g/mol. The van der Waals surface area contributed by atoms with Gasteiger partial charge in [-0.1, -0.05) is 18.2 Å². The number of methoxy groups -OCH3 is 1. The van der Waals surface area contributed by atoms with Crippen LogP contribution in [0.2, 0.25) is 0 Å². The molecule has 0 unspecified atom stereocenters. The molecule has 13 heavy (non-hydrogen) atoms. The van der Waals surface area contributed by atoms with Crippen molar-refractivity contribution in [3.63, 3.8) is 0 Å². The molecule has 2 aromatic rings. The molecule has 1 radical (unpaired) electrons. The Labute approximate surface area is 74.6 Å². The van der Waals surface area contributed by atoms with E-state index in [1.165, 1.54) is 7.11 Å². The molecule has 3 nitrogen and oxygen atoms in total. The molecule has 0 saturated carbocycles. The zero-order valence-electron chi connectivity index (χ0n) is 7.03. The van der Waals surface area contributed by atoms with E-state index in [0.29, 0.717) is 5.58 Å². The van der Waals surface area contributed by atoms with Crippen molar-refractivity contribution < 1.29 is 9.15 Å². The Morgan fingerprint density at radius 2 is 2.15 bits per heavy atom. The Balaban J connectivity index is 2.81. The van der Waals surface area contributed by atoms with Gasteiger partial charge in [0.05, 0.1) is 7.11 Å². The Hall–Kier alpha value is -1.77. The summed E-state index contributed by atoms with van der Waals surface area (Å²) in [5.41, 5.74) is 0.0227. The largest absolute Gasteiger partial charge is 0.489 e. The molecule has 0 aliphatic rings. The van der Waals surface area contributed by atoms with Gasteiger partial charge in [-0.3, -0.25) is 0 Å². The summed E-state index contributed by atoms with van der Waals surface area (Å²) in [5.74, 6) is 0.110. The Morgan fingerprint density at radius 3 is 2.92 bits per heavy atom. The average Bonchev–Trinajstić information content (AvgIpc) is 2.17. The van der Waals surface area contributed by atoms with Crippen LogP contribution in [0.5, 0.6) is 5.75 Å². The third-order valence-electron chi connectivity index (χ3n) is 1.73. The molecule has 0 atom stereocenters. The van der Waals surface area contributed by atoms with Crippen LogP contribution in [0.25, 0.3) is 11.0 Å². The highest BCUT2D eigenvalue weighted by atomic mass is 16.5. The van der Waals surface area contributed by atoms with Crippen LogP contribution in [-0.4, -0.2) is 7.11 Å². The van der Waals surface area contributed by atoms with Crippen LogP contribution in [0.4, 0.5) is 0 Å². The van der Waals surface area contributed by atoms with E-state index < -0.39 is 5.63 Å². The van der Waals surface area contributed by atoms with Crippen molar-refractivity contribution in [2.45, 2.75) is 0 Å². The summed E-state index contributed by atoms with van der Waals surface area (Å²) in [7, 11) is 1.41. The van der Waals surface area contributed by atoms with Crippen molar-refractivity contribution in [2.24, 2.45) is 0 Å². The van der Waals surface area contributed by atoms with E-state index in [1.54, 1.807) is 18.2 Å². The van der Waals surface area contributed by atoms with Gasteiger partial charge in [-0.2, -0.15) is 0 Å². The quantitative estimate of drug-likeness (QED) is 0.618. The topological polar surface area (TPSA) is 39.4 Å². The van der Waals surface area contributed by atoms with Crippen molar-refractivity contribution in [3.05, 3.63) is 40.8 Å². The van der Waals surface area contributed by atoms with Crippen LogP contribution >= 0.6 is 0 Å². The summed E-state index contributed by atoms with van der Waals surface area (Å²) in [6.45, 7) is 0. The van der Waals surface area contributed by atoms with Gasteiger partial charge in [0.15, 0.2) is 0 Å². The van der Waals surface area contributed by atoms with Gasteiger partial charge in [0, 0.05) is 11.5 Å². The van der Waals surface area contributed by atoms with E-state index in [4.69, 9.17) is 9.15 Å². The number of rotatable bonds is 1. The van der Waals surface area contributed by atoms with E-state index in [9.17, 15) is 4.79 Å². The fourth-order valence-electron chi connectivity index (χ4n) is 1.11. The van der Waals surface area contributed by atoms with Gasteiger partial charge >= 0.3 is 5.63 Å². The molecular weight excluding hydrogens is 168 g/mol. The second-order valence-electron chi connectivity index (χ2n) is 2.54. The van der Waals surface area contributed by atoms with Crippen molar-refractivity contribution in [1.82, 2.24) is 0 Å². The van der Waals surface area contributed by atoms with Crippen molar-refractivity contribution in [2.75, 3.05) is 7.11 Å². The van der Waals surface area contributed by atoms with Gasteiger partial charge in [0.2, 0.25) is 5.75 Å². The lowest BCUT2D eigenvalue weighted by Gasteiger charge is -1.98. The Bertz CT molecular complexity index is 485. The summed E-state index contributed by atoms with van der Waals surface area (Å²) < 4.78 is 9.76. The second kappa shape index (κ2) is 2.94. The van der Waals surface area contributed by atoms with Crippen LogP contribution in [0.1, 0.15) is 0 Å². The van der Waals surface area contributed by atoms with E-state index in [-0.39, 0.29) is 5.75 Å². The fourth-order valence-corrected chi connectivity index (χ4v) is 1.11. The van der Waals surface area contributed by atoms with Gasteiger partial charge in [0.25, 0.3) is 0 Å². The molecule has 1 aromatic carbocycles. The maximum Gasteiger partial charge on any atom is 0.379 e. The first kappa shape index (κ1) is 7.86. The molecule has 0 bridgehead atoms. The van der Waals surface area contributed by atoms with Crippen molar-refractivity contribution >= 4 is 11.0 Å². The SMILES string of the molecule is COc1[c]c2ccccc2oc1=O. The van der Waals surface area contributed by atoms with Crippen LogP contribution in [0.3, 0.4) is 0 Å². The van der Waals surface area contributed by atoms with E-state index in [1.807, 2.05) is 6.07 Å². The lowest BCUT2D eigenvalue weighted by molar-refractivity contribution is 0.384. The zero-order chi connectivity index (χ0) is 9.26. The molecule has 0 aliphatic heterocycles. The molecule has 0 fully saturated rings. The zero-order valence-corrected chi connectivity index (χ0v) is 7.03. The summed E-state index contributed by atoms with van der Waals surface area (Å²) in [6, 6.07) is 9.98. The van der Waals surface area contributed by atoms with Crippen LogP contribution < -0.4 is 10.4 Å². The number of benzene rings is 1. The van der Waals surface area contributed by atoms with E-state index >= 15 is 0 Å². The van der Waals surface area contributed by atoms with E-state index in [2.05, 4.69) is 6.07 Å². The van der Waals surface area contributed by atoms with E-state index in [0.717, 1.165) is 5.39 Å². The van der Waals surface area contributed by atoms with Gasteiger partial charge in [0.1, 0.15) is 5.58 Å². The molecule has 0 amide bonds. The number of para-hydroxylation sites is 1. The second-order valence-corrected chi connectivity index (χ2v) is 2.54. The minimum absolute atomic E-state index is 0.110. The fraction of sp³-hybridized carbons (Fsp3) is 0.100. The third kappa shape index (κ3) is 1.28. The first-order valence-corrected chi connectivity index (χ1v) is 3.80. The minimum Gasteiger partial charge on any atom is -0.489 e. The molecule has 0 aliphatic carbocycles. The summed E-state index contributed by atoms with van der Waals surface area (Å²) in [5, 5.41) is 0.735. The number of ether oxygens (including phenoxy) is 1.